The average molecular weight is 272 g/mol. The summed E-state index contributed by atoms with van der Waals surface area (Å²) in [7, 11) is 0. The molecule has 1 aliphatic rings. The largest absolute Gasteiger partial charge is 0.394 e. The number of ether oxygens (including phenoxy) is 1. The van der Waals surface area contributed by atoms with Crippen molar-refractivity contribution < 1.29 is 9.84 Å². The second kappa shape index (κ2) is 8.90. The molecule has 0 aromatic carbocycles. The molecule has 0 radical (unpaired) electrons. The van der Waals surface area contributed by atoms with Crippen LogP contribution in [0.5, 0.6) is 0 Å². The van der Waals surface area contributed by atoms with Gasteiger partial charge in [0.25, 0.3) is 0 Å². The number of likely N-dealkylation sites (N-methyl/N-ethyl adjacent to an activating group) is 1. The van der Waals surface area contributed by atoms with Gasteiger partial charge in [0.2, 0.25) is 0 Å². The fourth-order valence-electron chi connectivity index (χ4n) is 2.84. The molecule has 1 saturated heterocycles. The first-order valence-corrected chi connectivity index (χ1v) is 7.83. The summed E-state index contributed by atoms with van der Waals surface area (Å²) in [5, 5.41) is 12.8. The summed E-state index contributed by atoms with van der Waals surface area (Å²) in [6.07, 6.45) is 4.58. The van der Waals surface area contributed by atoms with Gasteiger partial charge in [-0.15, -0.1) is 0 Å². The number of aliphatic hydroxyl groups is 1. The first kappa shape index (κ1) is 16.9. The quantitative estimate of drug-likeness (QED) is 0.626. The molecule has 114 valence electrons. The molecule has 1 aliphatic heterocycles. The Labute approximate surface area is 118 Å². The summed E-state index contributed by atoms with van der Waals surface area (Å²) in [6, 6.07) is 0.603. The third kappa shape index (κ3) is 5.78. The molecular weight excluding hydrogens is 240 g/mol. The number of morpholine rings is 1. The molecule has 0 saturated carbocycles. The first-order chi connectivity index (χ1) is 9.15. The predicted molar refractivity (Wildman–Crippen MR) is 79.5 cm³/mol. The van der Waals surface area contributed by atoms with E-state index in [9.17, 15) is 5.11 Å². The molecule has 0 aliphatic carbocycles. The highest BCUT2D eigenvalue weighted by Gasteiger charge is 2.23. The monoisotopic (exact) mass is 272 g/mol. The summed E-state index contributed by atoms with van der Waals surface area (Å²) >= 11 is 0. The highest BCUT2D eigenvalue weighted by atomic mass is 16.5. The van der Waals surface area contributed by atoms with Crippen molar-refractivity contribution in [3.63, 3.8) is 0 Å². The molecule has 1 fully saturated rings. The number of hydrogen-bond donors (Lipinski definition) is 2. The molecular formula is C15H32N2O2. The van der Waals surface area contributed by atoms with E-state index in [1.165, 1.54) is 12.8 Å². The molecule has 1 heterocycles. The molecule has 0 amide bonds. The fourth-order valence-corrected chi connectivity index (χ4v) is 2.84. The summed E-state index contributed by atoms with van der Waals surface area (Å²) in [6.45, 7) is 11.6. The lowest BCUT2D eigenvalue weighted by Gasteiger charge is -2.35. The number of aliphatic hydroxyl groups excluding tert-OH is 1. The van der Waals surface area contributed by atoms with Crippen LogP contribution in [0.1, 0.15) is 46.5 Å². The highest BCUT2D eigenvalue weighted by molar-refractivity contribution is 4.82. The normalized spacial score (nSPS) is 24.3. The molecule has 0 spiro atoms. The van der Waals surface area contributed by atoms with Gasteiger partial charge < -0.3 is 15.2 Å². The van der Waals surface area contributed by atoms with Crippen molar-refractivity contribution in [2.75, 3.05) is 39.5 Å². The molecule has 2 N–H and O–H groups in total. The Bertz CT molecular complexity index is 238. The predicted octanol–water partition coefficient (Wildman–Crippen LogP) is 1.63. The molecule has 1 rings (SSSR count). The smallest absolute Gasteiger partial charge is 0.0622 e. The number of hydrogen-bond acceptors (Lipinski definition) is 4. The zero-order valence-electron chi connectivity index (χ0n) is 13.0. The van der Waals surface area contributed by atoms with Crippen LogP contribution < -0.4 is 5.32 Å². The SMILES string of the molecule is CCNC(C)(CO)CCCCN1CCOCC1CC. The maximum absolute atomic E-state index is 9.46. The van der Waals surface area contributed by atoms with E-state index < -0.39 is 0 Å². The van der Waals surface area contributed by atoms with E-state index in [-0.39, 0.29) is 12.1 Å². The maximum atomic E-state index is 9.46. The molecule has 4 nitrogen and oxygen atoms in total. The third-order valence-electron chi connectivity index (χ3n) is 4.20. The summed E-state index contributed by atoms with van der Waals surface area (Å²) in [4.78, 5) is 2.56. The van der Waals surface area contributed by atoms with E-state index in [2.05, 4.69) is 31.0 Å². The molecule has 2 unspecified atom stereocenters. The van der Waals surface area contributed by atoms with Gasteiger partial charge in [-0.05, 0) is 39.3 Å². The lowest BCUT2D eigenvalue weighted by Crippen LogP contribution is -2.46. The Hall–Kier alpha value is -0.160. The van der Waals surface area contributed by atoms with Crippen molar-refractivity contribution in [1.82, 2.24) is 10.2 Å². The van der Waals surface area contributed by atoms with Crippen molar-refractivity contribution in [3.05, 3.63) is 0 Å². The molecule has 19 heavy (non-hydrogen) atoms. The minimum Gasteiger partial charge on any atom is -0.394 e. The van der Waals surface area contributed by atoms with Crippen LogP contribution in [-0.4, -0.2) is 61.0 Å². The van der Waals surface area contributed by atoms with E-state index in [4.69, 9.17) is 4.74 Å². The van der Waals surface area contributed by atoms with E-state index >= 15 is 0 Å². The van der Waals surface area contributed by atoms with Gasteiger partial charge in [-0.2, -0.15) is 0 Å². The van der Waals surface area contributed by atoms with E-state index in [1.807, 2.05) is 0 Å². The van der Waals surface area contributed by atoms with Crippen LogP contribution in [0, 0.1) is 0 Å². The highest BCUT2D eigenvalue weighted by Crippen LogP contribution is 2.15. The summed E-state index contributed by atoms with van der Waals surface area (Å²) < 4.78 is 5.53. The van der Waals surface area contributed by atoms with Gasteiger partial charge in [-0.1, -0.05) is 20.3 Å². The van der Waals surface area contributed by atoms with Crippen LogP contribution in [0.4, 0.5) is 0 Å². The number of nitrogens with one attached hydrogen (secondary N) is 1. The molecule has 0 bridgehead atoms. The van der Waals surface area contributed by atoms with Gasteiger partial charge in [-0.3, -0.25) is 4.90 Å². The number of nitrogens with zero attached hydrogens (tertiary/aromatic N) is 1. The number of unbranched alkanes of at least 4 members (excludes halogenated alkanes) is 1. The lowest BCUT2D eigenvalue weighted by molar-refractivity contribution is -0.00945. The molecule has 0 aromatic rings. The summed E-state index contributed by atoms with van der Waals surface area (Å²) in [5.74, 6) is 0. The van der Waals surface area contributed by atoms with E-state index in [0.717, 1.165) is 45.7 Å². The maximum Gasteiger partial charge on any atom is 0.0622 e. The first-order valence-electron chi connectivity index (χ1n) is 7.83. The topological polar surface area (TPSA) is 44.7 Å². The van der Waals surface area contributed by atoms with Crippen LogP contribution in [-0.2, 0) is 4.74 Å². The zero-order chi connectivity index (χ0) is 14.1. The van der Waals surface area contributed by atoms with Crippen molar-refractivity contribution in [2.45, 2.75) is 58.0 Å². The van der Waals surface area contributed by atoms with E-state index in [1.54, 1.807) is 0 Å². The Balaban J connectivity index is 2.22. The van der Waals surface area contributed by atoms with E-state index in [0.29, 0.717) is 6.04 Å². The Morgan fingerprint density at radius 2 is 2.16 bits per heavy atom. The van der Waals surface area contributed by atoms with Gasteiger partial charge in [0.15, 0.2) is 0 Å². The average Bonchev–Trinajstić information content (AvgIpc) is 2.44. The van der Waals surface area contributed by atoms with Crippen LogP contribution in [0.3, 0.4) is 0 Å². The van der Waals surface area contributed by atoms with Crippen molar-refractivity contribution >= 4 is 0 Å². The van der Waals surface area contributed by atoms with Crippen LogP contribution >= 0.6 is 0 Å². The molecule has 4 heteroatoms. The molecule has 2 atom stereocenters. The van der Waals surface area contributed by atoms with Crippen molar-refractivity contribution in [1.29, 1.82) is 0 Å². The fraction of sp³-hybridized carbons (Fsp3) is 1.00. The van der Waals surface area contributed by atoms with Gasteiger partial charge >= 0.3 is 0 Å². The Kier molecular flexibility index (Phi) is 7.91. The standard InChI is InChI=1S/C15H32N2O2/c1-4-14-12-19-11-10-17(14)9-7-6-8-15(3,13-18)16-5-2/h14,16,18H,4-13H2,1-3H3. The zero-order valence-corrected chi connectivity index (χ0v) is 13.0. The molecule has 0 aromatic heterocycles. The second-order valence-corrected chi connectivity index (χ2v) is 5.88. The van der Waals surface area contributed by atoms with Gasteiger partial charge in [0.05, 0.1) is 19.8 Å². The van der Waals surface area contributed by atoms with Crippen LogP contribution in [0.15, 0.2) is 0 Å². The lowest BCUT2D eigenvalue weighted by atomic mass is 9.95. The minimum atomic E-state index is -0.107. The Morgan fingerprint density at radius 3 is 2.79 bits per heavy atom. The third-order valence-corrected chi connectivity index (χ3v) is 4.20. The second-order valence-electron chi connectivity index (χ2n) is 5.88. The van der Waals surface area contributed by atoms with Gasteiger partial charge in [-0.25, -0.2) is 0 Å². The van der Waals surface area contributed by atoms with Gasteiger partial charge in [0, 0.05) is 18.1 Å². The number of rotatable bonds is 9. The summed E-state index contributed by atoms with van der Waals surface area (Å²) in [5.41, 5.74) is -0.107. The van der Waals surface area contributed by atoms with Crippen LogP contribution in [0.2, 0.25) is 0 Å². The van der Waals surface area contributed by atoms with Crippen molar-refractivity contribution in [3.8, 4) is 0 Å². The van der Waals surface area contributed by atoms with Crippen molar-refractivity contribution in [2.24, 2.45) is 0 Å². The van der Waals surface area contributed by atoms with Crippen LogP contribution in [0.25, 0.3) is 0 Å². The Morgan fingerprint density at radius 1 is 1.37 bits per heavy atom. The van der Waals surface area contributed by atoms with Gasteiger partial charge in [0.1, 0.15) is 0 Å². The minimum absolute atomic E-state index is 0.107.